The molecule has 7 heteroatoms. The second-order valence-corrected chi connectivity index (χ2v) is 5.19. The third-order valence-electron chi connectivity index (χ3n) is 2.60. The van der Waals surface area contributed by atoms with Gasteiger partial charge in [0, 0.05) is 0 Å². The lowest BCUT2D eigenvalue weighted by Crippen LogP contribution is -2.06. The number of nitrogen functional groups attached to an aromatic ring is 1. The number of thioether (sulfide) groups is 1. The van der Waals surface area contributed by atoms with E-state index in [2.05, 4.69) is 5.10 Å². The smallest absolute Gasteiger partial charge is 0.342 e. The summed E-state index contributed by atoms with van der Waals surface area (Å²) in [6.45, 7) is 1.99. The van der Waals surface area contributed by atoms with E-state index in [1.807, 2.05) is 6.92 Å². The lowest BCUT2D eigenvalue weighted by atomic mass is 10.3. The van der Waals surface area contributed by atoms with Crippen LogP contribution in [0.5, 0.6) is 0 Å². The average Bonchev–Trinajstić information content (AvgIpc) is 2.73. The van der Waals surface area contributed by atoms with Gasteiger partial charge in [0.05, 0.1) is 5.69 Å². The Morgan fingerprint density at radius 2 is 2.30 bits per heavy atom. The lowest BCUT2D eigenvalue weighted by molar-refractivity contribution is 0.0694. The molecule has 2 aromatic rings. The first-order valence-electron chi connectivity index (χ1n) is 6.05. The fraction of sp³-hybridized carbons (Fsp3) is 0.231. The topological polar surface area (TPSA) is 81.1 Å². The monoisotopic (exact) mass is 295 g/mol. The van der Waals surface area contributed by atoms with Gasteiger partial charge < -0.3 is 10.8 Å². The molecule has 0 amide bonds. The Morgan fingerprint density at radius 1 is 1.55 bits per heavy atom. The number of aromatic nitrogens is 2. The van der Waals surface area contributed by atoms with Crippen molar-refractivity contribution in [3.63, 3.8) is 0 Å². The van der Waals surface area contributed by atoms with Crippen molar-refractivity contribution in [2.45, 2.75) is 18.4 Å². The number of benzene rings is 1. The molecule has 0 atom stereocenters. The highest BCUT2D eigenvalue weighted by molar-refractivity contribution is 7.99. The molecule has 1 aromatic carbocycles. The highest BCUT2D eigenvalue weighted by Crippen LogP contribution is 2.29. The van der Waals surface area contributed by atoms with Crippen LogP contribution in [0.1, 0.15) is 23.7 Å². The lowest BCUT2D eigenvalue weighted by Gasteiger charge is -2.03. The fourth-order valence-corrected chi connectivity index (χ4v) is 2.59. The molecule has 0 aliphatic heterocycles. The summed E-state index contributed by atoms with van der Waals surface area (Å²) in [5.41, 5.74) is 6.20. The van der Waals surface area contributed by atoms with Crippen molar-refractivity contribution >= 4 is 23.5 Å². The number of carbonyl (C=O) groups is 1. The van der Waals surface area contributed by atoms with Gasteiger partial charge in [-0.1, -0.05) is 13.0 Å². The Kier molecular flexibility index (Phi) is 4.29. The maximum absolute atomic E-state index is 13.2. The number of hydrogen-bond donors (Lipinski definition) is 2. The third-order valence-corrected chi connectivity index (χ3v) is 3.77. The number of aromatic carboxylic acids is 1. The molecule has 1 aromatic heterocycles. The maximum Gasteiger partial charge on any atom is 0.342 e. The highest BCUT2D eigenvalue weighted by atomic mass is 32.2. The number of rotatable bonds is 5. The van der Waals surface area contributed by atoms with Gasteiger partial charge in [-0.05, 0) is 30.4 Å². The number of nitrogens with two attached hydrogens (primary N) is 1. The molecule has 0 unspecified atom stereocenters. The van der Waals surface area contributed by atoms with Crippen molar-refractivity contribution in [1.29, 1.82) is 0 Å². The first-order valence-corrected chi connectivity index (χ1v) is 7.03. The van der Waals surface area contributed by atoms with E-state index in [1.54, 1.807) is 6.07 Å². The van der Waals surface area contributed by atoms with Crippen LogP contribution in [-0.2, 0) is 0 Å². The van der Waals surface area contributed by atoms with Crippen LogP contribution in [0.15, 0.2) is 29.3 Å². The summed E-state index contributed by atoms with van der Waals surface area (Å²) in [5.74, 6) is -0.831. The Morgan fingerprint density at radius 3 is 2.90 bits per heavy atom. The Labute approximate surface area is 119 Å². The zero-order valence-corrected chi connectivity index (χ0v) is 11.7. The Balaban J connectivity index is 2.52. The third kappa shape index (κ3) is 2.77. The van der Waals surface area contributed by atoms with Gasteiger partial charge in [0.2, 0.25) is 0 Å². The average molecular weight is 295 g/mol. The molecule has 5 nitrogen and oxygen atoms in total. The zero-order chi connectivity index (χ0) is 14.7. The first kappa shape index (κ1) is 14.4. The number of halogens is 1. The molecule has 106 valence electrons. The van der Waals surface area contributed by atoms with Gasteiger partial charge in [-0.3, -0.25) is 0 Å². The van der Waals surface area contributed by atoms with Crippen LogP contribution >= 0.6 is 11.8 Å². The second-order valence-electron chi connectivity index (χ2n) is 4.11. The normalized spacial score (nSPS) is 10.7. The van der Waals surface area contributed by atoms with Gasteiger partial charge in [0.25, 0.3) is 0 Å². The van der Waals surface area contributed by atoms with Crippen LogP contribution in [0.25, 0.3) is 5.69 Å². The molecule has 0 spiro atoms. The van der Waals surface area contributed by atoms with E-state index in [0.29, 0.717) is 10.7 Å². The Bertz CT molecular complexity index is 643. The van der Waals surface area contributed by atoms with Gasteiger partial charge in [0.1, 0.15) is 22.2 Å². The van der Waals surface area contributed by atoms with Crippen molar-refractivity contribution in [3.05, 3.63) is 35.6 Å². The van der Waals surface area contributed by atoms with Gasteiger partial charge >= 0.3 is 5.97 Å². The van der Waals surface area contributed by atoms with Crippen LogP contribution in [0, 0.1) is 5.82 Å². The summed E-state index contributed by atoms with van der Waals surface area (Å²) in [5, 5.41) is 13.8. The molecule has 1 heterocycles. The van der Waals surface area contributed by atoms with E-state index in [4.69, 9.17) is 5.73 Å². The highest BCUT2D eigenvalue weighted by Gasteiger charge is 2.22. The standard InChI is InChI=1S/C13H14FN3O2S/c1-2-6-20-12-10(13(18)19)11(15)17(16-12)9-5-3-4-8(14)7-9/h3-5,7H,2,6,15H2,1H3,(H,18,19). The molecule has 20 heavy (non-hydrogen) atoms. The molecular weight excluding hydrogens is 281 g/mol. The summed E-state index contributed by atoms with van der Waals surface area (Å²) < 4.78 is 14.5. The zero-order valence-electron chi connectivity index (χ0n) is 10.8. The van der Waals surface area contributed by atoms with Gasteiger partial charge in [-0.25, -0.2) is 13.9 Å². The van der Waals surface area contributed by atoms with Gasteiger partial charge in [-0.2, -0.15) is 5.10 Å². The predicted octanol–water partition coefficient (Wildman–Crippen LogP) is 2.79. The number of nitrogens with zero attached hydrogens (tertiary/aromatic N) is 2. The minimum atomic E-state index is -1.14. The molecule has 3 N–H and O–H groups in total. The van der Waals surface area contributed by atoms with E-state index >= 15 is 0 Å². The van der Waals surface area contributed by atoms with E-state index in [-0.39, 0.29) is 11.4 Å². The van der Waals surface area contributed by atoms with Crippen LogP contribution in [0.4, 0.5) is 10.2 Å². The van der Waals surface area contributed by atoms with E-state index < -0.39 is 11.8 Å². The molecule has 2 rings (SSSR count). The van der Waals surface area contributed by atoms with Crippen LogP contribution in [0.2, 0.25) is 0 Å². The second kappa shape index (κ2) is 5.96. The fourth-order valence-electron chi connectivity index (χ4n) is 1.72. The van der Waals surface area contributed by atoms with Crippen molar-refractivity contribution in [1.82, 2.24) is 9.78 Å². The molecule has 0 aliphatic carbocycles. The van der Waals surface area contributed by atoms with E-state index in [1.165, 1.54) is 34.6 Å². The van der Waals surface area contributed by atoms with Crippen molar-refractivity contribution < 1.29 is 14.3 Å². The van der Waals surface area contributed by atoms with Crippen LogP contribution in [-0.4, -0.2) is 26.6 Å². The molecule has 0 aliphatic rings. The summed E-state index contributed by atoms with van der Waals surface area (Å²) in [4.78, 5) is 11.3. The minimum Gasteiger partial charge on any atom is -0.477 e. The van der Waals surface area contributed by atoms with Crippen molar-refractivity contribution in [2.75, 3.05) is 11.5 Å². The summed E-state index contributed by atoms with van der Waals surface area (Å²) in [7, 11) is 0. The number of carboxylic acids is 1. The maximum atomic E-state index is 13.2. The molecule has 0 saturated carbocycles. The SMILES string of the molecule is CCCSc1nn(-c2cccc(F)c2)c(N)c1C(=O)O. The predicted molar refractivity (Wildman–Crippen MR) is 75.9 cm³/mol. The van der Waals surface area contributed by atoms with Gasteiger partial charge in [0.15, 0.2) is 0 Å². The number of hydrogen-bond acceptors (Lipinski definition) is 4. The van der Waals surface area contributed by atoms with Crippen LogP contribution < -0.4 is 5.73 Å². The van der Waals surface area contributed by atoms with Crippen LogP contribution in [0.3, 0.4) is 0 Å². The minimum absolute atomic E-state index is 0.00158. The first-order chi connectivity index (χ1) is 9.54. The quantitative estimate of drug-likeness (QED) is 0.829. The van der Waals surface area contributed by atoms with E-state index in [0.717, 1.165) is 12.2 Å². The van der Waals surface area contributed by atoms with Crippen molar-refractivity contribution in [3.8, 4) is 5.69 Å². The molecular formula is C13H14FN3O2S. The van der Waals surface area contributed by atoms with Gasteiger partial charge in [-0.15, -0.1) is 11.8 Å². The summed E-state index contributed by atoms with van der Waals surface area (Å²) in [6, 6.07) is 5.69. The summed E-state index contributed by atoms with van der Waals surface area (Å²) >= 11 is 1.32. The molecule has 0 bridgehead atoms. The summed E-state index contributed by atoms with van der Waals surface area (Å²) in [6.07, 6.45) is 0.885. The Hall–Kier alpha value is -2.02. The molecule has 0 fully saturated rings. The molecule has 0 radical (unpaired) electrons. The van der Waals surface area contributed by atoms with E-state index in [9.17, 15) is 14.3 Å². The largest absolute Gasteiger partial charge is 0.477 e. The number of carboxylic acid groups (broad SMARTS) is 1. The molecule has 0 saturated heterocycles. The van der Waals surface area contributed by atoms with Crippen molar-refractivity contribution in [2.24, 2.45) is 0 Å². The number of anilines is 1.